The van der Waals surface area contributed by atoms with E-state index in [0.29, 0.717) is 17.4 Å². The third kappa shape index (κ3) is 4.98. The maximum Gasteiger partial charge on any atom is 0.417 e. The third-order valence-electron chi connectivity index (χ3n) is 6.79. The lowest BCUT2D eigenvalue weighted by molar-refractivity contribution is -0.139. The minimum absolute atomic E-state index is 0.0491. The number of benzene rings is 1. The van der Waals surface area contributed by atoms with Gasteiger partial charge >= 0.3 is 6.18 Å². The molecular formula is C21H28F3N5O2S. The van der Waals surface area contributed by atoms with Gasteiger partial charge in [-0.1, -0.05) is 6.07 Å². The van der Waals surface area contributed by atoms with Gasteiger partial charge in [0.25, 0.3) is 0 Å². The Labute approximate surface area is 185 Å². The zero-order valence-corrected chi connectivity index (χ0v) is 18.8. The molecule has 1 aliphatic carbocycles. The van der Waals surface area contributed by atoms with Crippen molar-refractivity contribution < 1.29 is 21.6 Å². The first kappa shape index (κ1) is 23.2. The normalized spacial score (nSPS) is 25.1. The van der Waals surface area contributed by atoms with Gasteiger partial charge in [-0.2, -0.15) is 18.4 Å². The van der Waals surface area contributed by atoms with Crippen LogP contribution in [0.3, 0.4) is 0 Å². The van der Waals surface area contributed by atoms with Crippen LogP contribution in [0.2, 0.25) is 0 Å². The molecule has 0 amide bonds. The van der Waals surface area contributed by atoms with Gasteiger partial charge in [-0.15, -0.1) is 10.2 Å². The van der Waals surface area contributed by atoms with E-state index in [1.807, 2.05) is 0 Å². The second-order valence-electron chi connectivity index (χ2n) is 9.08. The predicted molar refractivity (Wildman–Crippen MR) is 113 cm³/mol. The minimum atomic E-state index is -4.82. The smallest absolute Gasteiger partial charge is 0.316 e. The van der Waals surface area contributed by atoms with E-state index >= 15 is 0 Å². The molecular weight excluding hydrogens is 443 g/mol. The molecule has 4 rings (SSSR count). The minimum Gasteiger partial charge on any atom is -0.316 e. The second-order valence-corrected chi connectivity index (χ2v) is 11.0. The van der Waals surface area contributed by atoms with E-state index in [1.165, 1.54) is 25.3 Å². The van der Waals surface area contributed by atoms with Gasteiger partial charge in [-0.3, -0.25) is 0 Å². The molecule has 2 aromatic rings. The van der Waals surface area contributed by atoms with Gasteiger partial charge in [-0.05, 0) is 92.6 Å². The Hall–Kier alpha value is -2.01. The number of aromatic nitrogens is 4. The maximum atomic E-state index is 13.7. The fraction of sp³-hybridized carbons (Fsp3) is 0.667. The first-order valence-corrected chi connectivity index (χ1v) is 12.9. The molecule has 2 fully saturated rings. The number of nitrogens with one attached hydrogen (secondary N) is 2. The molecule has 1 aromatic carbocycles. The van der Waals surface area contributed by atoms with Crippen molar-refractivity contribution in [3.05, 3.63) is 23.3 Å². The molecule has 1 aliphatic heterocycles. The number of aromatic amines is 1. The van der Waals surface area contributed by atoms with Crippen LogP contribution < -0.4 is 5.32 Å². The predicted octanol–water partition coefficient (Wildman–Crippen LogP) is 3.95. The van der Waals surface area contributed by atoms with Gasteiger partial charge < -0.3 is 5.32 Å². The van der Waals surface area contributed by atoms with Crippen molar-refractivity contribution in [2.45, 2.75) is 61.9 Å². The van der Waals surface area contributed by atoms with Crippen LogP contribution in [0.15, 0.2) is 17.0 Å². The number of halogens is 3. The third-order valence-corrected chi connectivity index (χ3v) is 7.95. The monoisotopic (exact) mass is 471 g/mol. The first-order valence-electron chi connectivity index (χ1n) is 11.0. The van der Waals surface area contributed by atoms with Crippen molar-refractivity contribution in [1.82, 2.24) is 25.9 Å². The Morgan fingerprint density at radius 1 is 1.09 bits per heavy atom. The average molecular weight is 472 g/mol. The molecule has 1 saturated carbocycles. The van der Waals surface area contributed by atoms with Crippen LogP contribution in [0.1, 0.15) is 62.0 Å². The van der Waals surface area contributed by atoms with Crippen LogP contribution in [0, 0.1) is 11.8 Å². The van der Waals surface area contributed by atoms with Crippen LogP contribution in [-0.4, -0.2) is 48.4 Å². The Bertz CT molecular complexity index is 1030. The molecule has 0 radical (unpaired) electrons. The van der Waals surface area contributed by atoms with Gasteiger partial charge in [0, 0.05) is 11.8 Å². The summed E-state index contributed by atoms with van der Waals surface area (Å²) in [6.07, 6.45) is 3.12. The number of tetrazole rings is 1. The van der Waals surface area contributed by atoms with E-state index in [0.717, 1.165) is 51.1 Å². The van der Waals surface area contributed by atoms with Gasteiger partial charge in [0.1, 0.15) is 0 Å². The SMILES string of the molecule is CS(=O)(=O)c1c(C(F)(F)F)ccc(C2CCC(CC3CCCNC3)CC2)c1-c1nn[nH]n1. The molecule has 176 valence electrons. The summed E-state index contributed by atoms with van der Waals surface area (Å²) in [6.45, 7) is 2.14. The number of H-pyrrole nitrogens is 1. The Kier molecular flexibility index (Phi) is 6.58. The zero-order chi connectivity index (χ0) is 22.9. The summed E-state index contributed by atoms with van der Waals surface area (Å²) in [5.74, 6) is 1.10. The number of hydrogen-bond donors (Lipinski definition) is 2. The van der Waals surface area contributed by atoms with Crippen LogP contribution >= 0.6 is 0 Å². The zero-order valence-electron chi connectivity index (χ0n) is 18.0. The van der Waals surface area contributed by atoms with Crippen molar-refractivity contribution in [2.75, 3.05) is 19.3 Å². The van der Waals surface area contributed by atoms with E-state index in [-0.39, 0.29) is 17.3 Å². The highest BCUT2D eigenvalue weighted by atomic mass is 32.2. The number of sulfone groups is 1. The molecule has 32 heavy (non-hydrogen) atoms. The molecule has 11 heteroatoms. The first-order chi connectivity index (χ1) is 15.1. The lowest BCUT2D eigenvalue weighted by atomic mass is 9.74. The highest BCUT2D eigenvalue weighted by molar-refractivity contribution is 7.91. The van der Waals surface area contributed by atoms with Crippen molar-refractivity contribution in [3.8, 4) is 11.4 Å². The number of alkyl halides is 3. The van der Waals surface area contributed by atoms with E-state index in [9.17, 15) is 21.6 Å². The van der Waals surface area contributed by atoms with Crippen LogP contribution in [-0.2, 0) is 16.0 Å². The summed E-state index contributed by atoms with van der Waals surface area (Å²) in [6, 6.07) is 2.29. The summed E-state index contributed by atoms with van der Waals surface area (Å²) < 4.78 is 66.2. The molecule has 1 unspecified atom stereocenters. The van der Waals surface area contributed by atoms with Gasteiger partial charge in [-0.25, -0.2) is 8.42 Å². The largest absolute Gasteiger partial charge is 0.417 e. The van der Waals surface area contributed by atoms with E-state index in [2.05, 4.69) is 25.9 Å². The van der Waals surface area contributed by atoms with E-state index in [4.69, 9.17) is 0 Å². The van der Waals surface area contributed by atoms with Gasteiger partial charge in [0.15, 0.2) is 9.84 Å². The molecule has 2 N–H and O–H groups in total. The molecule has 7 nitrogen and oxygen atoms in total. The maximum absolute atomic E-state index is 13.7. The molecule has 2 aliphatic rings. The molecule has 0 bridgehead atoms. The van der Waals surface area contributed by atoms with Crippen molar-refractivity contribution in [2.24, 2.45) is 11.8 Å². The number of hydrogen-bond acceptors (Lipinski definition) is 6. The molecule has 1 saturated heterocycles. The Balaban J connectivity index is 1.66. The van der Waals surface area contributed by atoms with Crippen LogP contribution in [0.5, 0.6) is 0 Å². The summed E-state index contributed by atoms with van der Waals surface area (Å²) >= 11 is 0. The summed E-state index contributed by atoms with van der Waals surface area (Å²) in [5, 5.41) is 16.8. The number of nitrogens with zero attached hydrogens (tertiary/aromatic N) is 3. The number of rotatable bonds is 5. The van der Waals surface area contributed by atoms with Gasteiger partial charge in [0.05, 0.1) is 10.5 Å². The Morgan fingerprint density at radius 2 is 1.84 bits per heavy atom. The molecule has 2 heterocycles. The fourth-order valence-corrected chi connectivity index (χ4v) is 6.51. The molecule has 1 atom stereocenters. The second kappa shape index (κ2) is 9.09. The van der Waals surface area contributed by atoms with Crippen LogP contribution in [0.4, 0.5) is 13.2 Å². The fourth-order valence-electron chi connectivity index (χ4n) is 5.35. The van der Waals surface area contributed by atoms with Crippen molar-refractivity contribution in [3.63, 3.8) is 0 Å². The standard InChI is InChI=1S/C21H28F3N5O2S/c1-32(30,31)19-17(21(22,23)24)9-8-16(18(19)20-26-28-29-27-20)15-6-4-13(5-7-15)11-14-3-2-10-25-12-14/h8-9,13-15,25H,2-7,10-12H2,1H3,(H,26,27,28,29). The highest BCUT2D eigenvalue weighted by Crippen LogP contribution is 2.46. The summed E-state index contributed by atoms with van der Waals surface area (Å²) in [7, 11) is -4.21. The van der Waals surface area contributed by atoms with Gasteiger partial charge in [0.2, 0.25) is 5.82 Å². The lowest BCUT2D eigenvalue weighted by Crippen LogP contribution is -2.31. The quantitative estimate of drug-likeness (QED) is 0.685. The van der Waals surface area contributed by atoms with Crippen LogP contribution in [0.25, 0.3) is 11.4 Å². The average Bonchev–Trinajstić information content (AvgIpc) is 3.27. The topological polar surface area (TPSA) is 101 Å². The van der Waals surface area contributed by atoms with Crippen molar-refractivity contribution in [1.29, 1.82) is 0 Å². The lowest BCUT2D eigenvalue weighted by Gasteiger charge is -2.33. The highest BCUT2D eigenvalue weighted by Gasteiger charge is 2.40. The summed E-state index contributed by atoms with van der Waals surface area (Å²) in [5.41, 5.74) is -0.712. The molecule has 1 aromatic heterocycles. The van der Waals surface area contributed by atoms with E-state index < -0.39 is 26.5 Å². The molecule has 0 spiro atoms. The van der Waals surface area contributed by atoms with Crippen molar-refractivity contribution >= 4 is 9.84 Å². The Morgan fingerprint density at radius 3 is 2.41 bits per heavy atom. The van der Waals surface area contributed by atoms with E-state index in [1.54, 1.807) is 0 Å². The number of piperidine rings is 1. The summed E-state index contributed by atoms with van der Waals surface area (Å²) in [4.78, 5) is -0.765.